The van der Waals surface area contributed by atoms with Crippen molar-refractivity contribution in [2.24, 2.45) is 10.8 Å². The topological polar surface area (TPSA) is 67.5 Å². The highest BCUT2D eigenvalue weighted by molar-refractivity contribution is 5.99. The molecule has 0 atom stereocenters. The number of benzene rings is 1. The SMILES string of the molecule is C/C(=N\NC(N)=O)c1ccc(F)cc1. The summed E-state index contributed by atoms with van der Waals surface area (Å²) in [7, 11) is 0. The number of hydrogen-bond donors (Lipinski definition) is 2. The number of nitrogens with one attached hydrogen (secondary N) is 1. The lowest BCUT2D eigenvalue weighted by Gasteiger charge is -2.00. The molecule has 0 radical (unpaired) electrons. The average Bonchev–Trinajstić information content (AvgIpc) is 2.15. The van der Waals surface area contributed by atoms with Crippen LogP contribution in [-0.2, 0) is 0 Å². The van der Waals surface area contributed by atoms with E-state index in [0.717, 1.165) is 5.56 Å². The summed E-state index contributed by atoms with van der Waals surface area (Å²) >= 11 is 0. The normalized spacial score (nSPS) is 11.1. The molecule has 14 heavy (non-hydrogen) atoms. The molecule has 3 N–H and O–H groups in total. The first-order chi connectivity index (χ1) is 6.59. The largest absolute Gasteiger partial charge is 0.350 e. The van der Waals surface area contributed by atoms with Crippen LogP contribution >= 0.6 is 0 Å². The van der Waals surface area contributed by atoms with E-state index in [2.05, 4.69) is 10.5 Å². The van der Waals surface area contributed by atoms with Crippen molar-refractivity contribution in [3.8, 4) is 0 Å². The Kier molecular flexibility index (Phi) is 3.17. The zero-order valence-electron chi connectivity index (χ0n) is 7.62. The molecule has 0 heterocycles. The molecule has 0 bridgehead atoms. The standard InChI is InChI=1S/C9H10FN3O/c1-6(12-13-9(11)14)7-2-4-8(10)5-3-7/h2-5H,1H3,(H3,11,13,14)/b12-6+. The third kappa shape index (κ3) is 2.85. The molecule has 5 heteroatoms. The van der Waals surface area contributed by atoms with E-state index in [0.29, 0.717) is 5.71 Å². The Balaban J connectivity index is 2.78. The van der Waals surface area contributed by atoms with Gasteiger partial charge in [-0.3, -0.25) is 0 Å². The molecule has 0 saturated carbocycles. The van der Waals surface area contributed by atoms with Gasteiger partial charge in [0, 0.05) is 0 Å². The Morgan fingerprint density at radius 2 is 2.00 bits per heavy atom. The Bertz CT molecular complexity index is 359. The minimum atomic E-state index is -0.730. The summed E-state index contributed by atoms with van der Waals surface area (Å²) in [6.07, 6.45) is 0. The van der Waals surface area contributed by atoms with Gasteiger partial charge >= 0.3 is 6.03 Å². The maximum Gasteiger partial charge on any atom is 0.332 e. The minimum absolute atomic E-state index is 0.315. The van der Waals surface area contributed by atoms with Gasteiger partial charge in [0.2, 0.25) is 0 Å². The van der Waals surface area contributed by atoms with E-state index in [-0.39, 0.29) is 5.82 Å². The summed E-state index contributed by atoms with van der Waals surface area (Å²) in [5.41, 5.74) is 8.20. The van der Waals surface area contributed by atoms with E-state index in [4.69, 9.17) is 5.73 Å². The Morgan fingerprint density at radius 3 is 2.50 bits per heavy atom. The van der Waals surface area contributed by atoms with Gasteiger partial charge in [-0.05, 0) is 24.6 Å². The number of rotatable bonds is 2. The molecule has 2 amide bonds. The van der Waals surface area contributed by atoms with Crippen molar-refractivity contribution in [1.82, 2.24) is 5.43 Å². The van der Waals surface area contributed by atoms with E-state index < -0.39 is 6.03 Å². The number of nitrogens with two attached hydrogens (primary N) is 1. The fourth-order valence-corrected chi connectivity index (χ4v) is 0.895. The number of carbonyl (C=O) groups is 1. The van der Waals surface area contributed by atoms with Crippen LogP contribution in [-0.4, -0.2) is 11.7 Å². The van der Waals surface area contributed by atoms with E-state index >= 15 is 0 Å². The third-order valence-electron chi connectivity index (χ3n) is 1.60. The number of nitrogens with zero attached hydrogens (tertiary/aromatic N) is 1. The van der Waals surface area contributed by atoms with Crippen molar-refractivity contribution < 1.29 is 9.18 Å². The molecule has 0 aliphatic heterocycles. The fourth-order valence-electron chi connectivity index (χ4n) is 0.895. The second-order valence-electron chi connectivity index (χ2n) is 2.68. The van der Waals surface area contributed by atoms with Gasteiger partial charge in [-0.25, -0.2) is 14.6 Å². The molecular formula is C9H10FN3O. The first-order valence-electron chi connectivity index (χ1n) is 3.95. The molecule has 0 fully saturated rings. The predicted octanol–water partition coefficient (Wildman–Crippen LogP) is 1.22. The van der Waals surface area contributed by atoms with Gasteiger partial charge < -0.3 is 5.73 Å². The molecule has 0 spiro atoms. The van der Waals surface area contributed by atoms with Crippen LogP contribution in [0.4, 0.5) is 9.18 Å². The van der Waals surface area contributed by atoms with Crippen molar-refractivity contribution in [1.29, 1.82) is 0 Å². The van der Waals surface area contributed by atoms with Crippen LogP contribution in [0.15, 0.2) is 29.4 Å². The van der Waals surface area contributed by atoms with Crippen molar-refractivity contribution in [2.45, 2.75) is 6.92 Å². The molecule has 1 aromatic carbocycles. The van der Waals surface area contributed by atoms with E-state index in [1.54, 1.807) is 19.1 Å². The van der Waals surface area contributed by atoms with E-state index in [1.165, 1.54) is 12.1 Å². The van der Waals surface area contributed by atoms with Crippen LogP contribution in [0.25, 0.3) is 0 Å². The molecule has 0 unspecified atom stereocenters. The second kappa shape index (κ2) is 4.36. The summed E-state index contributed by atoms with van der Waals surface area (Å²) in [6, 6.07) is 5.04. The van der Waals surface area contributed by atoms with Crippen molar-refractivity contribution in [3.05, 3.63) is 35.6 Å². The van der Waals surface area contributed by atoms with Gasteiger partial charge in [-0.1, -0.05) is 12.1 Å². The Labute approximate surface area is 80.6 Å². The predicted molar refractivity (Wildman–Crippen MR) is 51.3 cm³/mol. The monoisotopic (exact) mass is 195 g/mol. The van der Waals surface area contributed by atoms with E-state index in [9.17, 15) is 9.18 Å². The lowest BCUT2D eigenvalue weighted by atomic mass is 10.1. The summed E-state index contributed by atoms with van der Waals surface area (Å²) in [4.78, 5) is 10.3. The lowest BCUT2D eigenvalue weighted by molar-refractivity contribution is 0.249. The van der Waals surface area contributed by atoms with Crippen LogP contribution in [0.5, 0.6) is 0 Å². The molecule has 74 valence electrons. The Hall–Kier alpha value is -1.91. The fraction of sp³-hybridized carbons (Fsp3) is 0.111. The average molecular weight is 195 g/mol. The summed E-state index contributed by atoms with van der Waals surface area (Å²) < 4.78 is 12.5. The van der Waals surface area contributed by atoms with Gasteiger partial charge in [-0.15, -0.1) is 0 Å². The molecular weight excluding hydrogens is 185 g/mol. The van der Waals surface area contributed by atoms with Gasteiger partial charge in [-0.2, -0.15) is 5.10 Å². The number of carbonyl (C=O) groups excluding carboxylic acids is 1. The molecule has 1 aromatic rings. The number of primary amides is 1. The van der Waals surface area contributed by atoms with Gasteiger partial charge in [0.1, 0.15) is 5.82 Å². The highest BCUT2D eigenvalue weighted by Crippen LogP contribution is 2.03. The summed E-state index contributed by atoms with van der Waals surface area (Å²) in [5.74, 6) is -0.315. The maximum absolute atomic E-state index is 12.5. The lowest BCUT2D eigenvalue weighted by Crippen LogP contribution is -2.25. The summed E-state index contributed by atoms with van der Waals surface area (Å²) in [6.45, 7) is 1.68. The van der Waals surface area contributed by atoms with Crippen molar-refractivity contribution >= 4 is 11.7 Å². The molecule has 0 aromatic heterocycles. The first-order valence-corrected chi connectivity index (χ1v) is 3.95. The van der Waals surface area contributed by atoms with Crippen LogP contribution < -0.4 is 11.2 Å². The number of amides is 2. The first kappa shape index (κ1) is 10.2. The number of urea groups is 1. The van der Waals surface area contributed by atoms with Crippen LogP contribution in [0.3, 0.4) is 0 Å². The van der Waals surface area contributed by atoms with Gasteiger partial charge in [0.15, 0.2) is 0 Å². The van der Waals surface area contributed by atoms with Crippen LogP contribution in [0.1, 0.15) is 12.5 Å². The second-order valence-corrected chi connectivity index (χ2v) is 2.68. The zero-order valence-corrected chi connectivity index (χ0v) is 7.62. The van der Waals surface area contributed by atoms with Crippen LogP contribution in [0.2, 0.25) is 0 Å². The van der Waals surface area contributed by atoms with Crippen molar-refractivity contribution in [2.75, 3.05) is 0 Å². The quantitative estimate of drug-likeness (QED) is 0.540. The maximum atomic E-state index is 12.5. The van der Waals surface area contributed by atoms with Gasteiger partial charge in [0.25, 0.3) is 0 Å². The highest BCUT2D eigenvalue weighted by Gasteiger charge is 1.97. The number of hydrogen-bond acceptors (Lipinski definition) is 2. The summed E-state index contributed by atoms with van der Waals surface area (Å²) in [5, 5.41) is 3.69. The number of halogens is 1. The zero-order chi connectivity index (χ0) is 10.6. The molecule has 0 saturated heterocycles. The minimum Gasteiger partial charge on any atom is -0.350 e. The smallest absolute Gasteiger partial charge is 0.332 e. The molecule has 1 rings (SSSR count). The third-order valence-corrected chi connectivity index (χ3v) is 1.60. The highest BCUT2D eigenvalue weighted by atomic mass is 19.1. The Morgan fingerprint density at radius 1 is 1.43 bits per heavy atom. The molecule has 0 aliphatic carbocycles. The van der Waals surface area contributed by atoms with Crippen LogP contribution in [0, 0.1) is 5.82 Å². The van der Waals surface area contributed by atoms with E-state index in [1.807, 2.05) is 0 Å². The van der Waals surface area contributed by atoms with Crippen molar-refractivity contribution in [3.63, 3.8) is 0 Å². The molecule has 4 nitrogen and oxygen atoms in total. The number of hydrazone groups is 1. The molecule has 0 aliphatic rings. The van der Waals surface area contributed by atoms with Gasteiger partial charge in [0.05, 0.1) is 5.71 Å².